The zero-order valence-electron chi connectivity index (χ0n) is 17.6. The van der Waals surface area contributed by atoms with Gasteiger partial charge in [0.15, 0.2) is 5.78 Å². The number of ether oxygens (including phenoxy) is 5. The fourth-order valence-corrected chi connectivity index (χ4v) is 2.93. The number of hydrogen-bond donors (Lipinski definition) is 0. The van der Waals surface area contributed by atoms with Crippen LogP contribution in [0.5, 0.6) is 17.2 Å². The Kier molecular flexibility index (Phi) is 8.70. The number of allylic oxidation sites excluding steroid dienone is 1. The third-order valence-electron chi connectivity index (χ3n) is 4.34. The number of rotatable bonds is 11. The lowest BCUT2D eigenvalue weighted by Crippen LogP contribution is -2.20. The lowest BCUT2D eigenvalue weighted by Gasteiger charge is -2.15. The van der Waals surface area contributed by atoms with Crippen molar-refractivity contribution in [3.8, 4) is 17.2 Å². The second-order valence-corrected chi connectivity index (χ2v) is 6.22. The lowest BCUT2D eigenvalue weighted by atomic mass is 10.0. The Hall–Kier alpha value is -2.83. The number of carbonyl (C=O) groups excluding carboxylic acids is 1. The summed E-state index contributed by atoms with van der Waals surface area (Å²) in [6, 6.07) is 10.6. The Morgan fingerprint density at radius 1 is 0.966 bits per heavy atom. The zero-order valence-corrected chi connectivity index (χ0v) is 17.6. The molecule has 29 heavy (non-hydrogen) atoms. The summed E-state index contributed by atoms with van der Waals surface area (Å²) in [4.78, 5) is 12.6. The fourth-order valence-electron chi connectivity index (χ4n) is 2.93. The van der Waals surface area contributed by atoms with Crippen LogP contribution < -0.4 is 14.2 Å². The Morgan fingerprint density at radius 3 is 2.21 bits per heavy atom. The first-order valence-corrected chi connectivity index (χ1v) is 9.36. The van der Waals surface area contributed by atoms with Gasteiger partial charge in [-0.3, -0.25) is 4.79 Å². The highest BCUT2D eigenvalue weighted by Gasteiger charge is 2.13. The van der Waals surface area contributed by atoms with Crippen molar-refractivity contribution in [1.82, 2.24) is 0 Å². The first-order valence-electron chi connectivity index (χ1n) is 9.36. The van der Waals surface area contributed by atoms with Crippen molar-refractivity contribution >= 4 is 11.9 Å². The van der Waals surface area contributed by atoms with Crippen LogP contribution >= 0.6 is 0 Å². The molecule has 0 unspecified atom stereocenters. The van der Waals surface area contributed by atoms with Gasteiger partial charge in [-0.25, -0.2) is 0 Å². The molecule has 0 fully saturated rings. The van der Waals surface area contributed by atoms with Crippen molar-refractivity contribution in [1.29, 1.82) is 0 Å². The molecule has 2 aromatic carbocycles. The number of hydrogen-bond acceptors (Lipinski definition) is 6. The molecule has 0 atom stereocenters. The first-order chi connectivity index (χ1) is 14.1. The van der Waals surface area contributed by atoms with E-state index in [2.05, 4.69) is 6.92 Å². The molecule has 0 saturated carbocycles. The van der Waals surface area contributed by atoms with Crippen molar-refractivity contribution in [3.05, 3.63) is 59.2 Å². The summed E-state index contributed by atoms with van der Waals surface area (Å²) >= 11 is 0. The van der Waals surface area contributed by atoms with Gasteiger partial charge in [-0.05, 0) is 54.5 Å². The summed E-state index contributed by atoms with van der Waals surface area (Å²) in [7, 11) is 6.18. The minimum Gasteiger partial charge on any atom is -0.496 e. The van der Waals surface area contributed by atoms with E-state index in [4.69, 9.17) is 23.7 Å². The highest BCUT2D eigenvalue weighted by molar-refractivity contribution is 6.07. The third kappa shape index (κ3) is 5.82. The SMILES string of the molecule is CCCc1ccc(OC)c(C=CC(=O)c2ccc(OC(OC)OC)cc2)c1OC. The summed E-state index contributed by atoms with van der Waals surface area (Å²) in [5, 5.41) is 0. The van der Waals surface area contributed by atoms with E-state index in [0.717, 1.165) is 29.7 Å². The Balaban J connectivity index is 2.23. The quantitative estimate of drug-likeness (QED) is 0.314. The molecule has 2 rings (SSSR count). The fraction of sp³-hybridized carbons (Fsp3) is 0.348. The van der Waals surface area contributed by atoms with Crippen LogP contribution in [0.3, 0.4) is 0 Å². The minimum atomic E-state index is -0.799. The molecule has 0 aliphatic heterocycles. The molecule has 0 bridgehead atoms. The van der Waals surface area contributed by atoms with Gasteiger partial charge in [0, 0.05) is 19.8 Å². The molecule has 0 aliphatic rings. The molecular weight excluding hydrogens is 372 g/mol. The van der Waals surface area contributed by atoms with E-state index in [1.165, 1.54) is 20.3 Å². The second kappa shape index (κ2) is 11.2. The van der Waals surface area contributed by atoms with E-state index >= 15 is 0 Å². The number of ketones is 1. The highest BCUT2D eigenvalue weighted by atomic mass is 16.8. The topological polar surface area (TPSA) is 63.2 Å². The van der Waals surface area contributed by atoms with Crippen LogP contribution in [0.25, 0.3) is 6.08 Å². The normalized spacial score (nSPS) is 11.1. The lowest BCUT2D eigenvalue weighted by molar-refractivity contribution is -0.219. The van der Waals surface area contributed by atoms with Crippen LogP contribution in [0.2, 0.25) is 0 Å². The van der Waals surface area contributed by atoms with E-state index in [-0.39, 0.29) is 5.78 Å². The molecule has 6 nitrogen and oxygen atoms in total. The van der Waals surface area contributed by atoms with Gasteiger partial charge in [0.05, 0.1) is 19.8 Å². The van der Waals surface area contributed by atoms with Gasteiger partial charge in [0.1, 0.15) is 17.2 Å². The average Bonchev–Trinajstić information content (AvgIpc) is 2.76. The van der Waals surface area contributed by atoms with Crippen molar-refractivity contribution in [2.45, 2.75) is 26.2 Å². The van der Waals surface area contributed by atoms with E-state index in [1.807, 2.05) is 12.1 Å². The predicted molar refractivity (Wildman–Crippen MR) is 112 cm³/mol. The Labute approximate surface area is 172 Å². The molecule has 156 valence electrons. The molecule has 0 N–H and O–H groups in total. The summed E-state index contributed by atoms with van der Waals surface area (Å²) < 4.78 is 26.5. The molecule has 0 heterocycles. The maximum absolute atomic E-state index is 12.6. The second-order valence-electron chi connectivity index (χ2n) is 6.22. The van der Waals surface area contributed by atoms with Gasteiger partial charge in [-0.15, -0.1) is 0 Å². The highest BCUT2D eigenvalue weighted by Crippen LogP contribution is 2.34. The van der Waals surface area contributed by atoms with E-state index in [9.17, 15) is 4.79 Å². The van der Waals surface area contributed by atoms with Crippen LogP contribution in [-0.4, -0.2) is 40.7 Å². The molecule has 0 aliphatic carbocycles. The van der Waals surface area contributed by atoms with Crippen molar-refractivity contribution in [2.24, 2.45) is 0 Å². The summed E-state index contributed by atoms with van der Waals surface area (Å²) in [6.45, 7) is 1.31. The largest absolute Gasteiger partial charge is 0.496 e. The zero-order chi connectivity index (χ0) is 21.2. The number of aryl methyl sites for hydroxylation is 1. The van der Waals surface area contributed by atoms with Gasteiger partial charge in [-0.2, -0.15) is 0 Å². The molecule has 0 aromatic heterocycles. The van der Waals surface area contributed by atoms with Crippen LogP contribution in [0.4, 0.5) is 0 Å². The molecule has 0 spiro atoms. The minimum absolute atomic E-state index is 0.142. The van der Waals surface area contributed by atoms with E-state index in [0.29, 0.717) is 17.1 Å². The van der Waals surface area contributed by atoms with E-state index < -0.39 is 6.48 Å². The molecule has 0 radical (unpaired) electrons. The van der Waals surface area contributed by atoms with Gasteiger partial charge in [0.25, 0.3) is 0 Å². The van der Waals surface area contributed by atoms with Gasteiger partial charge in [-0.1, -0.05) is 19.4 Å². The molecular formula is C23H28O6. The van der Waals surface area contributed by atoms with Crippen LogP contribution in [0.15, 0.2) is 42.5 Å². The smallest absolute Gasteiger partial charge is 0.315 e. The van der Waals surface area contributed by atoms with Crippen molar-refractivity contribution < 1.29 is 28.5 Å². The Bertz CT molecular complexity index is 822. The summed E-state index contributed by atoms with van der Waals surface area (Å²) in [5.74, 6) is 1.77. The molecule has 2 aromatic rings. The maximum atomic E-state index is 12.6. The monoisotopic (exact) mass is 400 g/mol. The maximum Gasteiger partial charge on any atom is 0.315 e. The Morgan fingerprint density at radius 2 is 1.66 bits per heavy atom. The van der Waals surface area contributed by atoms with Crippen molar-refractivity contribution in [2.75, 3.05) is 28.4 Å². The number of benzene rings is 2. The standard InChI is InChI=1S/C23H28O6/c1-6-7-17-10-15-21(25-2)19(22(17)26-3)13-14-20(24)16-8-11-18(12-9-16)29-23(27-4)28-5/h8-15,23H,6-7H2,1-5H3. The van der Waals surface area contributed by atoms with Crippen LogP contribution in [-0.2, 0) is 15.9 Å². The van der Waals surface area contributed by atoms with Crippen LogP contribution in [0, 0.1) is 0 Å². The molecule has 0 saturated heterocycles. The predicted octanol–water partition coefficient (Wildman–Crippen LogP) is 4.51. The summed E-state index contributed by atoms with van der Waals surface area (Å²) in [6.07, 6.45) is 5.12. The third-order valence-corrected chi connectivity index (χ3v) is 4.34. The summed E-state index contributed by atoms with van der Waals surface area (Å²) in [5.41, 5.74) is 2.36. The van der Waals surface area contributed by atoms with Crippen LogP contribution in [0.1, 0.15) is 34.8 Å². The number of carbonyl (C=O) groups is 1. The molecule has 0 amide bonds. The van der Waals surface area contributed by atoms with Gasteiger partial charge < -0.3 is 23.7 Å². The number of methoxy groups -OCH3 is 4. The average molecular weight is 400 g/mol. The van der Waals surface area contributed by atoms with Crippen molar-refractivity contribution in [3.63, 3.8) is 0 Å². The van der Waals surface area contributed by atoms with Gasteiger partial charge in [0.2, 0.25) is 0 Å². The van der Waals surface area contributed by atoms with E-state index in [1.54, 1.807) is 44.6 Å². The first kappa shape index (κ1) is 22.5. The van der Waals surface area contributed by atoms with Gasteiger partial charge >= 0.3 is 6.48 Å². The molecule has 6 heteroatoms.